The molecule has 0 aliphatic carbocycles. The fourth-order valence-corrected chi connectivity index (χ4v) is 2.78. The molecule has 0 atom stereocenters. The molecule has 3 aromatic heterocycles. The second kappa shape index (κ2) is 9.45. The van der Waals surface area contributed by atoms with Crippen LogP contribution < -0.4 is 9.68 Å². The molecule has 148 valence electrons. The lowest BCUT2D eigenvalue weighted by atomic mass is 10.1. The van der Waals surface area contributed by atoms with E-state index in [-0.39, 0.29) is 15.2 Å². The molecule has 0 aliphatic rings. The first-order chi connectivity index (χ1) is 12.8. The molecule has 1 aromatic carbocycles. The summed E-state index contributed by atoms with van der Waals surface area (Å²) in [5, 5.41) is 4.49. The Kier molecular flexibility index (Phi) is 7.02. The van der Waals surface area contributed by atoms with Crippen LogP contribution in [-0.2, 0) is 6.54 Å². The predicted molar refractivity (Wildman–Crippen MR) is 99.7 cm³/mol. The lowest BCUT2D eigenvalue weighted by Crippen LogP contribution is -2.05. The highest BCUT2D eigenvalue weighted by Crippen LogP contribution is 2.25. The lowest BCUT2D eigenvalue weighted by Gasteiger charge is -2.07. The average Bonchev–Trinajstić information content (AvgIpc) is 3.34. The Morgan fingerprint density at radius 1 is 1.00 bits per heavy atom. The van der Waals surface area contributed by atoms with Gasteiger partial charge in [-0.05, 0) is 36.8 Å². The molecular formula is C19H19F3N4O2. The van der Waals surface area contributed by atoms with Gasteiger partial charge in [-0.15, -0.1) is 5.10 Å². The van der Waals surface area contributed by atoms with Crippen LogP contribution in [0.15, 0.2) is 67.1 Å². The van der Waals surface area contributed by atoms with Crippen LogP contribution in [0.5, 0.6) is 11.6 Å². The first-order valence-electron chi connectivity index (χ1n) is 8.31. The van der Waals surface area contributed by atoms with Crippen LogP contribution in [0.4, 0.5) is 13.9 Å². The van der Waals surface area contributed by atoms with Gasteiger partial charge in [-0.25, -0.2) is 9.50 Å². The molecule has 0 aliphatic heterocycles. The van der Waals surface area contributed by atoms with Crippen LogP contribution in [0, 0.1) is 0 Å². The van der Waals surface area contributed by atoms with E-state index in [9.17, 15) is 4.53 Å². The lowest BCUT2D eigenvalue weighted by molar-refractivity contribution is -0.00614. The molecule has 6 nitrogen and oxygen atoms in total. The van der Waals surface area contributed by atoms with E-state index >= 15 is 0 Å². The quantitative estimate of drug-likeness (QED) is 0.442. The van der Waals surface area contributed by atoms with Crippen LogP contribution in [0.3, 0.4) is 0 Å². The summed E-state index contributed by atoms with van der Waals surface area (Å²) in [7, 11) is 0. The Morgan fingerprint density at radius 3 is 2.61 bits per heavy atom. The standard InChI is InChI=1S/C19H17FN4O2.2FH/c20-26-16-6-3-5-15(13-16)17-14-21-18-7-8-19(22-24(17)18)25-12-4-11-23-9-1-2-10-23;;/h1-3,5-10,13-14H,4,11-12H2;2*1H. The van der Waals surface area contributed by atoms with E-state index in [0.717, 1.165) is 24.2 Å². The summed E-state index contributed by atoms with van der Waals surface area (Å²) in [4.78, 5) is 8.14. The van der Waals surface area contributed by atoms with Crippen molar-refractivity contribution in [2.45, 2.75) is 13.0 Å². The maximum Gasteiger partial charge on any atom is 0.231 e. The predicted octanol–water partition coefficient (Wildman–Crippen LogP) is 4.24. The van der Waals surface area contributed by atoms with Crippen LogP contribution in [-0.4, -0.2) is 25.8 Å². The van der Waals surface area contributed by atoms with Crippen LogP contribution >= 0.6 is 0 Å². The summed E-state index contributed by atoms with van der Waals surface area (Å²) in [5.41, 5.74) is 2.17. The smallest absolute Gasteiger partial charge is 0.231 e. The van der Waals surface area contributed by atoms with Crippen LogP contribution in [0.25, 0.3) is 16.9 Å². The first kappa shape index (κ1) is 20.8. The molecule has 0 saturated carbocycles. The number of imidazole rings is 1. The number of aryl methyl sites for hydroxylation is 1. The highest BCUT2D eigenvalue weighted by Gasteiger charge is 2.10. The number of benzene rings is 1. The summed E-state index contributed by atoms with van der Waals surface area (Å²) >= 11 is 0. The molecule has 3 heterocycles. The minimum Gasteiger partial charge on any atom is -0.477 e. The number of halogens is 3. The summed E-state index contributed by atoms with van der Waals surface area (Å²) in [5.74, 6) is 0.650. The highest BCUT2D eigenvalue weighted by atomic mass is 19.3. The maximum absolute atomic E-state index is 12.4. The number of fused-ring (bicyclic) bond motifs is 1. The van der Waals surface area contributed by atoms with Crippen molar-refractivity contribution < 1.29 is 23.6 Å². The molecule has 4 aromatic rings. The minimum absolute atomic E-state index is 0. The molecule has 0 unspecified atom stereocenters. The summed E-state index contributed by atoms with van der Waals surface area (Å²) in [6.07, 6.45) is 6.62. The largest absolute Gasteiger partial charge is 0.477 e. The Hall–Kier alpha value is -3.49. The Balaban J connectivity index is 0.00000140. The first-order valence-corrected chi connectivity index (χ1v) is 8.31. The van der Waals surface area contributed by atoms with Crippen molar-refractivity contribution >= 4 is 5.65 Å². The van der Waals surface area contributed by atoms with E-state index in [1.807, 2.05) is 36.7 Å². The fraction of sp³-hybridized carbons (Fsp3) is 0.158. The van der Waals surface area contributed by atoms with Gasteiger partial charge in [-0.3, -0.25) is 14.4 Å². The zero-order chi connectivity index (χ0) is 17.8. The second-order valence-corrected chi connectivity index (χ2v) is 5.81. The number of rotatable bonds is 7. The van der Waals surface area contributed by atoms with Gasteiger partial charge in [0.15, 0.2) is 11.4 Å². The van der Waals surface area contributed by atoms with E-state index in [4.69, 9.17) is 4.74 Å². The maximum atomic E-state index is 12.4. The summed E-state index contributed by atoms with van der Waals surface area (Å²) < 4.78 is 22.0. The van der Waals surface area contributed by atoms with Crippen LogP contribution in [0.2, 0.25) is 0 Å². The topological polar surface area (TPSA) is 53.6 Å². The van der Waals surface area contributed by atoms with Gasteiger partial charge in [-0.2, -0.15) is 0 Å². The van der Waals surface area contributed by atoms with Gasteiger partial charge in [0.25, 0.3) is 0 Å². The number of hydrogen-bond donors (Lipinski definition) is 0. The molecular weight excluding hydrogens is 373 g/mol. The Labute approximate surface area is 158 Å². The molecule has 0 fully saturated rings. The molecule has 0 radical (unpaired) electrons. The fourth-order valence-electron chi connectivity index (χ4n) is 2.78. The van der Waals surface area contributed by atoms with Gasteiger partial charge in [0.2, 0.25) is 5.88 Å². The molecule has 0 bridgehead atoms. The molecule has 28 heavy (non-hydrogen) atoms. The van der Waals surface area contributed by atoms with Crippen molar-refractivity contribution in [1.82, 2.24) is 19.2 Å². The normalized spacial score (nSPS) is 10.2. The third-order valence-corrected chi connectivity index (χ3v) is 4.03. The monoisotopic (exact) mass is 392 g/mol. The van der Waals surface area contributed by atoms with Crippen molar-refractivity contribution in [3.63, 3.8) is 0 Å². The van der Waals surface area contributed by atoms with Crippen molar-refractivity contribution in [3.8, 4) is 22.9 Å². The molecule has 0 amide bonds. The van der Waals surface area contributed by atoms with E-state index in [0.29, 0.717) is 18.1 Å². The number of aromatic nitrogens is 4. The average molecular weight is 392 g/mol. The third-order valence-electron chi connectivity index (χ3n) is 4.03. The van der Waals surface area contributed by atoms with Gasteiger partial charge in [0.05, 0.1) is 18.5 Å². The molecule has 0 saturated heterocycles. The second-order valence-electron chi connectivity index (χ2n) is 5.81. The summed E-state index contributed by atoms with van der Waals surface area (Å²) in [6.45, 7) is 1.45. The van der Waals surface area contributed by atoms with Crippen molar-refractivity contribution in [2.75, 3.05) is 6.61 Å². The number of ether oxygens (including phenoxy) is 1. The zero-order valence-corrected chi connectivity index (χ0v) is 14.8. The number of hydrogen-bond acceptors (Lipinski definition) is 4. The molecule has 0 spiro atoms. The minimum atomic E-state index is 0. The third kappa shape index (κ3) is 4.43. The Bertz CT molecular complexity index is 1010. The number of nitrogens with zero attached hydrogens (tertiary/aromatic N) is 4. The zero-order valence-electron chi connectivity index (χ0n) is 14.8. The van der Waals surface area contributed by atoms with Crippen LogP contribution in [0.1, 0.15) is 6.42 Å². The highest BCUT2D eigenvalue weighted by molar-refractivity contribution is 5.64. The van der Waals surface area contributed by atoms with E-state index in [1.54, 1.807) is 35.0 Å². The van der Waals surface area contributed by atoms with E-state index < -0.39 is 0 Å². The van der Waals surface area contributed by atoms with Crippen molar-refractivity contribution in [2.24, 2.45) is 0 Å². The van der Waals surface area contributed by atoms with E-state index in [2.05, 4.69) is 19.6 Å². The van der Waals surface area contributed by atoms with Crippen molar-refractivity contribution in [3.05, 3.63) is 67.1 Å². The summed E-state index contributed by atoms with van der Waals surface area (Å²) in [6, 6.07) is 14.3. The van der Waals surface area contributed by atoms with Gasteiger partial charge < -0.3 is 9.30 Å². The molecule has 4 rings (SSSR count). The SMILES string of the molecule is F.F.FOc1cccc(-c2cnc3ccc(OCCCn4cccc4)nn23)c1. The van der Waals surface area contributed by atoms with Gasteiger partial charge >= 0.3 is 0 Å². The van der Waals surface area contributed by atoms with E-state index in [1.165, 1.54) is 0 Å². The Morgan fingerprint density at radius 2 is 1.82 bits per heavy atom. The van der Waals surface area contributed by atoms with Gasteiger partial charge in [0, 0.05) is 35.1 Å². The molecule has 0 N–H and O–H groups in total. The van der Waals surface area contributed by atoms with Gasteiger partial charge in [-0.1, -0.05) is 12.1 Å². The molecule has 9 heteroatoms. The van der Waals surface area contributed by atoms with Crippen molar-refractivity contribution in [1.29, 1.82) is 0 Å². The van der Waals surface area contributed by atoms with Gasteiger partial charge in [0.1, 0.15) is 0 Å².